The highest BCUT2D eigenvalue weighted by atomic mass is 35.5. The number of piperidine rings is 1. The van der Waals surface area contributed by atoms with E-state index < -0.39 is 21.6 Å². The van der Waals surface area contributed by atoms with Gasteiger partial charge in [0, 0.05) is 36.1 Å². The Labute approximate surface area is 185 Å². The Kier molecular flexibility index (Phi) is 6.36. The van der Waals surface area contributed by atoms with Crippen LogP contribution in [-0.4, -0.2) is 38.5 Å². The quantitative estimate of drug-likeness (QED) is 0.704. The predicted molar refractivity (Wildman–Crippen MR) is 113 cm³/mol. The highest BCUT2D eigenvalue weighted by Gasteiger charge is 2.32. The van der Waals surface area contributed by atoms with Crippen molar-refractivity contribution in [3.8, 4) is 11.5 Å². The third-order valence-corrected chi connectivity index (χ3v) is 7.67. The normalized spacial score (nSPS) is 17.0. The summed E-state index contributed by atoms with van der Waals surface area (Å²) in [4.78, 5) is 12.5. The van der Waals surface area contributed by atoms with E-state index in [0.717, 1.165) is 5.56 Å². The van der Waals surface area contributed by atoms with Gasteiger partial charge in [0.1, 0.15) is 5.82 Å². The lowest BCUT2D eigenvalue weighted by atomic mass is 9.97. The summed E-state index contributed by atoms with van der Waals surface area (Å²) in [6, 6.07) is 9.57. The van der Waals surface area contributed by atoms with Crippen LogP contribution < -0.4 is 14.8 Å². The zero-order valence-electron chi connectivity index (χ0n) is 16.6. The largest absolute Gasteiger partial charge is 0.454 e. The third-order valence-electron chi connectivity index (χ3n) is 5.51. The molecule has 10 heteroatoms. The second-order valence-electron chi connectivity index (χ2n) is 7.54. The van der Waals surface area contributed by atoms with Gasteiger partial charge in [-0.15, -0.1) is 0 Å². The van der Waals surface area contributed by atoms with E-state index in [4.69, 9.17) is 21.1 Å². The number of halogens is 2. The number of sulfonamides is 1. The van der Waals surface area contributed by atoms with Crippen molar-refractivity contribution in [2.75, 3.05) is 19.9 Å². The molecule has 2 aliphatic rings. The van der Waals surface area contributed by atoms with Crippen molar-refractivity contribution >= 4 is 27.5 Å². The molecule has 0 radical (unpaired) electrons. The molecule has 0 saturated carbocycles. The summed E-state index contributed by atoms with van der Waals surface area (Å²) in [5.41, 5.74) is 0.854. The van der Waals surface area contributed by atoms with E-state index in [9.17, 15) is 17.6 Å². The van der Waals surface area contributed by atoms with Crippen LogP contribution in [0.4, 0.5) is 4.39 Å². The molecule has 4 rings (SSSR count). The fraction of sp³-hybridized carbons (Fsp3) is 0.381. The van der Waals surface area contributed by atoms with Crippen LogP contribution in [0.1, 0.15) is 24.0 Å². The molecule has 1 saturated heterocycles. The van der Waals surface area contributed by atoms with Crippen LogP contribution in [0, 0.1) is 11.7 Å². The summed E-state index contributed by atoms with van der Waals surface area (Å²) in [5.74, 6) is -0.210. The topological polar surface area (TPSA) is 84.9 Å². The van der Waals surface area contributed by atoms with Gasteiger partial charge in [-0.25, -0.2) is 17.1 Å². The predicted octanol–water partition coefficient (Wildman–Crippen LogP) is 3.07. The first-order valence-corrected chi connectivity index (χ1v) is 11.9. The molecule has 31 heavy (non-hydrogen) atoms. The van der Waals surface area contributed by atoms with E-state index in [1.807, 2.05) is 12.1 Å². The average molecular weight is 469 g/mol. The van der Waals surface area contributed by atoms with Crippen LogP contribution in [0.25, 0.3) is 0 Å². The monoisotopic (exact) mass is 468 g/mol. The minimum atomic E-state index is -3.74. The van der Waals surface area contributed by atoms with Crippen molar-refractivity contribution in [1.82, 2.24) is 9.62 Å². The molecule has 1 amide bonds. The van der Waals surface area contributed by atoms with Crippen molar-refractivity contribution in [3.63, 3.8) is 0 Å². The highest BCUT2D eigenvalue weighted by molar-refractivity contribution is 7.88. The summed E-state index contributed by atoms with van der Waals surface area (Å²) in [6.07, 6.45) is 0.800. The van der Waals surface area contributed by atoms with E-state index >= 15 is 0 Å². The van der Waals surface area contributed by atoms with E-state index in [1.54, 1.807) is 6.07 Å². The molecule has 0 atom stereocenters. The number of nitrogens with zero attached hydrogens (tertiary/aromatic N) is 1. The Morgan fingerprint density at radius 2 is 1.90 bits per heavy atom. The molecule has 2 heterocycles. The number of benzene rings is 2. The Morgan fingerprint density at radius 3 is 2.65 bits per heavy atom. The molecule has 0 bridgehead atoms. The molecule has 0 aromatic heterocycles. The second kappa shape index (κ2) is 9.02. The molecule has 166 valence electrons. The zero-order valence-corrected chi connectivity index (χ0v) is 18.2. The Morgan fingerprint density at radius 1 is 1.16 bits per heavy atom. The molecular weight excluding hydrogens is 447 g/mol. The van der Waals surface area contributed by atoms with E-state index in [0.29, 0.717) is 30.9 Å². The van der Waals surface area contributed by atoms with Gasteiger partial charge in [0.2, 0.25) is 22.7 Å². The number of hydrogen-bond acceptors (Lipinski definition) is 5. The number of carbonyl (C=O) groups is 1. The maximum Gasteiger partial charge on any atom is 0.231 e. The van der Waals surface area contributed by atoms with Gasteiger partial charge in [0.25, 0.3) is 0 Å². The van der Waals surface area contributed by atoms with E-state index in [-0.39, 0.29) is 42.3 Å². The van der Waals surface area contributed by atoms with Crippen molar-refractivity contribution in [1.29, 1.82) is 0 Å². The van der Waals surface area contributed by atoms with Crippen LogP contribution in [-0.2, 0) is 27.1 Å². The Bertz CT molecular complexity index is 1070. The van der Waals surface area contributed by atoms with Crippen LogP contribution in [0.15, 0.2) is 36.4 Å². The zero-order chi connectivity index (χ0) is 22.0. The Balaban J connectivity index is 1.30. The number of hydrogen-bond donors (Lipinski definition) is 1. The fourth-order valence-electron chi connectivity index (χ4n) is 3.72. The molecule has 1 fully saturated rings. The van der Waals surface area contributed by atoms with Gasteiger partial charge in [-0.3, -0.25) is 4.79 Å². The molecule has 2 aromatic rings. The summed E-state index contributed by atoms with van der Waals surface area (Å²) < 4.78 is 51.3. The molecule has 7 nitrogen and oxygen atoms in total. The lowest BCUT2D eigenvalue weighted by Gasteiger charge is -2.30. The maximum atomic E-state index is 14.0. The van der Waals surface area contributed by atoms with Gasteiger partial charge < -0.3 is 14.8 Å². The maximum absolute atomic E-state index is 14.0. The number of amides is 1. The molecule has 2 aliphatic heterocycles. The van der Waals surface area contributed by atoms with Crippen LogP contribution in [0.3, 0.4) is 0 Å². The van der Waals surface area contributed by atoms with Gasteiger partial charge in [0.15, 0.2) is 11.5 Å². The first kappa shape index (κ1) is 21.9. The van der Waals surface area contributed by atoms with Gasteiger partial charge in [0.05, 0.1) is 5.75 Å². The number of nitrogens with one attached hydrogen (secondary N) is 1. The molecular formula is C21H22ClFN2O5S. The van der Waals surface area contributed by atoms with Gasteiger partial charge in [-0.1, -0.05) is 23.7 Å². The van der Waals surface area contributed by atoms with E-state index in [1.165, 1.54) is 22.5 Å². The SMILES string of the molecule is O=C(NCc1ccc2c(c1)OCO2)C1CCN(S(=O)(=O)Cc2c(F)cccc2Cl)CC1. The lowest BCUT2D eigenvalue weighted by Crippen LogP contribution is -2.43. The fourth-order valence-corrected chi connectivity index (χ4v) is 5.64. The Hall–Kier alpha value is -2.36. The van der Waals surface area contributed by atoms with Gasteiger partial charge in [-0.05, 0) is 42.7 Å². The molecule has 0 spiro atoms. The van der Waals surface area contributed by atoms with Crippen LogP contribution >= 0.6 is 11.6 Å². The molecule has 0 aliphatic carbocycles. The summed E-state index contributed by atoms with van der Waals surface area (Å²) in [6.45, 7) is 0.947. The van der Waals surface area contributed by atoms with Crippen LogP contribution in [0.5, 0.6) is 11.5 Å². The second-order valence-corrected chi connectivity index (χ2v) is 9.91. The lowest BCUT2D eigenvalue weighted by molar-refractivity contribution is -0.126. The van der Waals surface area contributed by atoms with Crippen molar-refractivity contribution in [2.24, 2.45) is 5.92 Å². The summed E-state index contributed by atoms with van der Waals surface area (Å²) in [5, 5.41) is 2.98. The number of carbonyl (C=O) groups excluding carboxylic acids is 1. The van der Waals surface area contributed by atoms with Crippen molar-refractivity contribution < 1.29 is 27.1 Å². The standard InChI is InChI=1S/C21H22ClFN2O5S/c22-17-2-1-3-18(23)16(17)12-31(27,28)25-8-6-15(7-9-25)21(26)24-11-14-4-5-19-20(10-14)30-13-29-19/h1-5,10,15H,6-9,11-13H2,(H,24,26). The number of fused-ring (bicyclic) bond motifs is 1. The average Bonchev–Trinajstić information content (AvgIpc) is 3.23. The third kappa shape index (κ3) is 4.94. The summed E-state index contributed by atoms with van der Waals surface area (Å²) >= 11 is 5.96. The molecule has 2 aromatic carbocycles. The molecule has 0 unspecified atom stereocenters. The van der Waals surface area contributed by atoms with Crippen molar-refractivity contribution in [2.45, 2.75) is 25.1 Å². The van der Waals surface area contributed by atoms with Crippen LogP contribution in [0.2, 0.25) is 5.02 Å². The smallest absolute Gasteiger partial charge is 0.231 e. The first-order valence-electron chi connectivity index (χ1n) is 9.90. The minimum absolute atomic E-state index is 0.0345. The minimum Gasteiger partial charge on any atom is -0.454 e. The highest BCUT2D eigenvalue weighted by Crippen LogP contribution is 2.32. The van der Waals surface area contributed by atoms with Crippen molar-refractivity contribution in [3.05, 3.63) is 58.4 Å². The van der Waals surface area contributed by atoms with Gasteiger partial charge >= 0.3 is 0 Å². The van der Waals surface area contributed by atoms with Gasteiger partial charge in [-0.2, -0.15) is 0 Å². The summed E-state index contributed by atoms with van der Waals surface area (Å²) in [7, 11) is -3.74. The molecule has 1 N–H and O–H groups in total. The first-order chi connectivity index (χ1) is 14.8. The number of ether oxygens (including phenoxy) is 2. The van der Waals surface area contributed by atoms with E-state index in [2.05, 4.69) is 5.32 Å². The number of rotatable bonds is 6.